The topological polar surface area (TPSA) is 74.1 Å². The first kappa shape index (κ1) is 22.4. The Balaban J connectivity index is 2.19. The molecule has 0 fully saturated rings. The average molecular weight is 480 g/mol. The summed E-state index contributed by atoms with van der Waals surface area (Å²) in [6.07, 6.45) is -4.11. The van der Waals surface area contributed by atoms with Crippen LogP contribution in [0.5, 0.6) is 6.01 Å². The Morgan fingerprint density at radius 3 is 2.50 bits per heavy atom. The Morgan fingerprint density at radius 1 is 1.13 bits per heavy atom. The van der Waals surface area contributed by atoms with Gasteiger partial charge in [-0.15, -0.1) is 4.09 Å². The van der Waals surface area contributed by atoms with Gasteiger partial charge in [0.25, 0.3) is 10.0 Å². The van der Waals surface area contributed by atoms with Gasteiger partial charge in [0.15, 0.2) is 5.82 Å². The van der Waals surface area contributed by atoms with E-state index >= 15 is 0 Å². The predicted molar refractivity (Wildman–Crippen MR) is 105 cm³/mol. The van der Waals surface area contributed by atoms with E-state index in [0.717, 1.165) is 18.2 Å². The molecule has 160 valence electrons. The van der Waals surface area contributed by atoms with Gasteiger partial charge in [0, 0.05) is 10.6 Å². The summed E-state index contributed by atoms with van der Waals surface area (Å²) in [7, 11) is -4.56. The van der Waals surface area contributed by atoms with Gasteiger partial charge in [0.1, 0.15) is 0 Å². The van der Waals surface area contributed by atoms with E-state index in [1.165, 1.54) is 18.2 Å². The molecule has 12 heteroatoms. The van der Waals surface area contributed by atoms with Crippen LogP contribution in [0.15, 0.2) is 47.4 Å². The molecule has 0 radical (unpaired) electrons. The summed E-state index contributed by atoms with van der Waals surface area (Å²) in [5, 5.41) is 4.23. The van der Waals surface area contributed by atoms with Crippen LogP contribution in [0.1, 0.15) is 18.9 Å². The highest BCUT2D eigenvalue weighted by Gasteiger charge is 2.33. The minimum absolute atomic E-state index is 0.0810. The van der Waals surface area contributed by atoms with Gasteiger partial charge in [-0.2, -0.15) is 26.6 Å². The Hall–Kier alpha value is -2.30. The Bertz CT molecular complexity index is 1180. The summed E-state index contributed by atoms with van der Waals surface area (Å²) < 4.78 is 71.3. The molecule has 0 N–H and O–H groups in total. The van der Waals surface area contributed by atoms with Crippen LogP contribution in [-0.4, -0.2) is 29.2 Å². The largest absolute Gasteiger partial charge is 0.462 e. The third-order valence-electron chi connectivity index (χ3n) is 3.85. The molecule has 30 heavy (non-hydrogen) atoms. The summed E-state index contributed by atoms with van der Waals surface area (Å²) in [5.41, 5.74) is -0.951. The van der Waals surface area contributed by atoms with Crippen molar-refractivity contribution in [1.82, 2.24) is 14.2 Å². The molecule has 3 aromatic rings. The van der Waals surface area contributed by atoms with E-state index in [-0.39, 0.29) is 29.0 Å². The first-order valence-corrected chi connectivity index (χ1v) is 10.7. The van der Waals surface area contributed by atoms with Crippen LogP contribution in [0.2, 0.25) is 10.0 Å². The molecular formula is C18H14Cl2F3N3O3S. The number of nitrogens with zero attached hydrogens (tertiary/aromatic N) is 3. The molecule has 0 aliphatic heterocycles. The highest BCUT2D eigenvalue weighted by molar-refractivity contribution is 7.90. The third kappa shape index (κ3) is 4.55. The molecule has 0 amide bonds. The lowest BCUT2D eigenvalue weighted by atomic mass is 10.2. The highest BCUT2D eigenvalue weighted by atomic mass is 35.5. The molecule has 0 atom stereocenters. The van der Waals surface area contributed by atoms with Crippen LogP contribution in [0.4, 0.5) is 13.2 Å². The number of rotatable bonds is 6. The zero-order chi connectivity index (χ0) is 22.1. The molecule has 1 heterocycles. The van der Waals surface area contributed by atoms with Crippen LogP contribution in [0.25, 0.3) is 11.4 Å². The number of ether oxygens (including phenoxy) is 1. The van der Waals surface area contributed by atoms with Crippen molar-refractivity contribution in [2.75, 3.05) is 6.61 Å². The fourth-order valence-electron chi connectivity index (χ4n) is 2.47. The van der Waals surface area contributed by atoms with Gasteiger partial charge in [0.05, 0.1) is 22.1 Å². The lowest BCUT2D eigenvalue weighted by molar-refractivity contribution is -0.137. The standard InChI is InChI=1S/C18H14Cl2F3N3O3S/c1-2-8-29-17-24-16(14-7-6-12(19)10-15(14)20)26(25-17)30(27,28)13-5-3-4-11(9-13)18(21,22)23/h3-7,9-10H,2,8H2,1H3. The van der Waals surface area contributed by atoms with Gasteiger partial charge in [0.2, 0.25) is 0 Å². The first-order chi connectivity index (χ1) is 14.0. The third-order valence-corrected chi connectivity index (χ3v) is 5.96. The summed E-state index contributed by atoms with van der Waals surface area (Å²) in [4.78, 5) is 3.46. The number of halogens is 5. The zero-order valence-corrected chi connectivity index (χ0v) is 17.6. The molecule has 0 saturated heterocycles. The van der Waals surface area contributed by atoms with Crippen LogP contribution in [0.3, 0.4) is 0 Å². The fourth-order valence-corrected chi connectivity index (χ4v) is 4.23. The molecule has 0 spiro atoms. The predicted octanol–water partition coefficient (Wildman–Crippen LogP) is 5.30. The van der Waals surface area contributed by atoms with E-state index in [9.17, 15) is 21.6 Å². The number of hydrogen-bond acceptors (Lipinski definition) is 5. The maximum atomic E-state index is 13.1. The minimum atomic E-state index is -4.72. The summed E-state index contributed by atoms with van der Waals surface area (Å²) >= 11 is 12.1. The first-order valence-electron chi connectivity index (χ1n) is 8.52. The summed E-state index contributed by atoms with van der Waals surface area (Å²) in [5.74, 6) is -0.222. The minimum Gasteiger partial charge on any atom is -0.462 e. The monoisotopic (exact) mass is 479 g/mol. The van der Waals surface area contributed by atoms with Crippen molar-refractivity contribution in [2.45, 2.75) is 24.4 Å². The van der Waals surface area contributed by atoms with Gasteiger partial charge in [-0.3, -0.25) is 0 Å². The van der Waals surface area contributed by atoms with Crippen LogP contribution >= 0.6 is 23.2 Å². The van der Waals surface area contributed by atoms with Crippen molar-refractivity contribution in [3.63, 3.8) is 0 Å². The molecule has 0 aliphatic rings. The SMILES string of the molecule is CCCOc1nc(-c2ccc(Cl)cc2Cl)n(S(=O)(=O)c2cccc(C(F)(F)F)c2)n1. The molecule has 0 unspecified atom stereocenters. The summed E-state index contributed by atoms with van der Waals surface area (Å²) in [6.45, 7) is 2.04. The number of aromatic nitrogens is 3. The van der Waals surface area contributed by atoms with Gasteiger partial charge >= 0.3 is 12.2 Å². The van der Waals surface area contributed by atoms with Crippen molar-refractivity contribution in [1.29, 1.82) is 0 Å². The van der Waals surface area contributed by atoms with Crippen molar-refractivity contribution in [3.05, 3.63) is 58.1 Å². The number of benzene rings is 2. The normalized spacial score (nSPS) is 12.2. The Morgan fingerprint density at radius 2 is 1.87 bits per heavy atom. The second-order valence-electron chi connectivity index (χ2n) is 6.06. The average Bonchev–Trinajstić information content (AvgIpc) is 3.10. The lowest BCUT2D eigenvalue weighted by Gasteiger charge is -2.11. The van der Waals surface area contributed by atoms with Crippen molar-refractivity contribution in [3.8, 4) is 17.4 Å². The summed E-state index contributed by atoms with van der Waals surface area (Å²) in [6, 6.07) is 7.34. The Kier molecular flexibility index (Phi) is 6.30. The van der Waals surface area contributed by atoms with Crippen LogP contribution in [0, 0.1) is 0 Å². The lowest BCUT2D eigenvalue weighted by Crippen LogP contribution is -2.17. The second kappa shape index (κ2) is 8.44. The molecule has 1 aromatic heterocycles. The van der Waals surface area contributed by atoms with Gasteiger partial charge in [-0.1, -0.05) is 41.3 Å². The van der Waals surface area contributed by atoms with E-state index in [2.05, 4.69) is 10.1 Å². The fraction of sp³-hybridized carbons (Fsp3) is 0.222. The molecule has 0 bridgehead atoms. The van der Waals surface area contributed by atoms with E-state index < -0.39 is 26.7 Å². The van der Waals surface area contributed by atoms with E-state index in [1.54, 1.807) is 0 Å². The van der Waals surface area contributed by atoms with Gasteiger partial charge in [-0.05, 0) is 42.8 Å². The van der Waals surface area contributed by atoms with Crippen LogP contribution < -0.4 is 4.74 Å². The second-order valence-corrected chi connectivity index (χ2v) is 8.68. The van der Waals surface area contributed by atoms with Crippen LogP contribution in [-0.2, 0) is 16.2 Å². The zero-order valence-electron chi connectivity index (χ0n) is 15.3. The quantitative estimate of drug-likeness (QED) is 0.479. The van der Waals surface area contributed by atoms with Crippen molar-refractivity contribution in [2.24, 2.45) is 0 Å². The number of alkyl halides is 3. The molecule has 0 aliphatic carbocycles. The molecule has 0 saturated carbocycles. The van der Waals surface area contributed by atoms with Crippen molar-refractivity contribution < 1.29 is 26.3 Å². The van der Waals surface area contributed by atoms with E-state index in [1.807, 2.05) is 6.92 Å². The van der Waals surface area contributed by atoms with Gasteiger partial charge < -0.3 is 4.74 Å². The van der Waals surface area contributed by atoms with Gasteiger partial charge in [-0.25, -0.2) is 0 Å². The van der Waals surface area contributed by atoms with E-state index in [0.29, 0.717) is 21.6 Å². The number of hydrogen-bond donors (Lipinski definition) is 0. The Labute approximate surface area is 180 Å². The maximum Gasteiger partial charge on any atom is 0.416 e. The maximum absolute atomic E-state index is 13.1. The van der Waals surface area contributed by atoms with Crippen molar-refractivity contribution >= 4 is 33.2 Å². The molecule has 2 aromatic carbocycles. The smallest absolute Gasteiger partial charge is 0.416 e. The highest BCUT2D eigenvalue weighted by Crippen LogP contribution is 2.34. The molecule has 3 rings (SSSR count). The molecular weight excluding hydrogens is 466 g/mol. The van der Waals surface area contributed by atoms with E-state index in [4.69, 9.17) is 27.9 Å². The molecule has 6 nitrogen and oxygen atoms in total.